The zero-order chi connectivity index (χ0) is 14.7. The van der Waals surface area contributed by atoms with Gasteiger partial charge in [-0.1, -0.05) is 30.3 Å². The minimum absolute atomic E-state index is 0.0426. The van der Waals surface area contributed by atoms with E-state index in [1.165, 1.54) is 5.56 Å². The number of nitrogens with zero attached hydrogens (tertiary/aromatic N) is 3. The van der Waals surface area contributed by atoms with E-state index in [2.05, 4.69) is 59.5 Å². The smallest absolute Gasteiger partial charge is 0.0558 e. The minimum Gasteiger partial charge on any atom is -0.311 e. The predicted octanol–water partition coefficient (Wildman–Crippen LogP) is 2.09. The number of nitrogens with one attached hydrogen (secondary N) is 1. The number of hydrogen-bond acceptors (Lipinski definition) is 3. The van der Waals surface area contributed by atoms with Gasteiger partial charge in [0.15, 0.2) is 0 Å². The van der Waals surface area contributed by atoms with Crippen LogP contribution in [-0.2, 0) is 12.1 Å². The highest BCUT2D eigenvalue weighted by Crippen LogP contribution is 2.30. The quantitative estimate of drug-likeness (QED) is 0.933. The molecule has 21 heavy (non-hydrogen) atoms. The fourth-order valence-corrected chi connectivity index (χ4v) is 3.16. The zero-order valence-corrected chi connectivity index (χ0v) is 12.9. The molecule has 2 aromatic rings. The van der Waals surface area contributed by atoms with Crippen molar-refractivity contribution < 1.29 is 0 Å². The summed E-state index contributed by atoms with van der Waals surface area (Å²) in [6, 6.07) is 13.3. The van der Waals surface area contributed by atoms with Crippen LogP contribution in [-0.4, -0.2) is 40.4 Å². The molecule has 0 radical (unpaired) electrons. The minimum atomic E-state index is 0.0426. The van der Waals surface area contributed by atoms with Crippen molar-refractivity contribution in [3.63, 3.8) is 0 Å². The molecule has 4 heteroatoms. The van der Waals surface area contributed by atoms with Crippen LogP contribution < -0.4 is 5.32 Å². The van der Waals surface area contributed by atoms with Gasteiger partial charge in [0.05, 0.1) is 12.1 Å². The first-order valence-corrected chi connectivity index (χ1v) is 7.70. The molecule has 1 N–H and O–H groups in total. The van der Waals surface area contributed by atoms with Gasteiger partial charge in [-0.25, -0.2) is 0 Å². The number of aromatic nitrogens is 2. The van der Waals surface area contributed by atoms with Gasteiger partial charge in [-0.2, -0.15) is 5.10 Å². The highest BCUT2D eigenvalue weighted by atomic mass is 15.3. The van der Waals surface area contributed by atoms with E-state index in [0.717, 1.165) is 26.2 Å². The average Bonchev–Trinajstić information content (AvgIpc) is 3.02. The van der Waals surface area contributed by atoms with Crippen LogP contribution in [0.25, 0.3) is 0 Å². The van der Waals surface area contributed by atoms with Crippen molar-refractivity contribution in [3.8, 4) is 0 Å². The summed E-state index contributed by atoms with van der Waals surface area (Å²) in [5, 5.41) is 7.94. The summed E-state index contributed by atoms with van der Waals surface area (Å²) in [6.07, 6.45) is 3.88. The van der Waals surface area contributed by atoms with Gasteiger partial charge >= 0.3 is 0 Å². The number of piperazine rings is 1. The molecular weight excluding hydrogens is 260 g/mol. The van der Waals surface area contributed by atoms with Crippen molar-refractivity contribution in [2.75, 3.05) is 19.6 Å². The summed E-state index contributed by atoms with van der Waals surface area (Å²) in [5.74, 6) is 0. The first-order chi connectivity index (χ1) is 10.2. The van der Waals surface area contributed by atoms with E-state index in [4.69, 9.17) is 0 Å². The highest BCUT2D eigenvalue weighted by molar-refractivity contribution is 5.25. The lowest BCUT2D eigenvalue weighted by molar-refractivity contribution is 0.0493. The van der Waals surface area contributed by atoms with E-state index in [-0.39, 0.29) is 5.54 Å². The topological polar surface area (TPSA) is 33.1 Å². The summed E-state index contributed by atoms with van der Waals surface area (Å²) in [6.45, 7) is 8.58. The first-order valence-electron chi connectivity index (χ1n) is 7.70. The third-order valence-corrected chi connectivity index (χ3v) is 4.54. The lowest BCUT2D eigenvalue weighted by atomic mass is 9.87. The second-order valence-corrected chi connectivity index (χ2v) is 6.14. The Labute approximate surface area is 126 Å². The van der Waals surface area contributed by atoms with Crippen molar-refractivity contribution in [2.24, 2.45) is 0 Å². The van der Waals surface area contributed by atoms with Crippen LogP contribution in [0.3, 0.4) is 0 Å². The van der Waals surface area contributed by atoms with E-state index >= 15 is 0 Å². The Morgan fingerprint density at radius 2 is 2.05 bits per heavy atom. The number of hydrogen-bond donors (Lipinski definition) is 1. The Bertz CT molecular complexity index is 551. The first kappa shape index (κ1) is 14.3. The summed E-state index contributed by atoms with van der Waals surface area (Å²) in [5.41, 5.74) is 1.42. The van der Waals surface area contributed by atoms with Crippen LogP contribution in [0, 0.1) is 0 Å². The summed E-state index contributed by atoms with van der Waals surface area (Å²) < 4.78 is 2.01. The standard InChI is InChI=1S/C17H24N4/c1-15-13-20(11-12-21-10-6-9-19-21)17(2,14-18-15)16-7-4-3-5-8-16/h3-10,15,18H,11-14H2,1-2H3. The summed E-state index contributed by atoms with van der Waals surface area (Å²) >= 11 is 0. The molecule has 0 bridgehead atoms. The van der Waals surface area contributed by atoms with Gasteiger partial charge in [0.1, 0.15) is 0 Å². The molecule has 1 aliphatic heterocycles. The third-order valence-electron chi connectivity index (χ3n) is 4.54. The van der Waals surface area contributed by atoms with Gasteiger partial charge in [-0.3, -0.25) is 9.58 Å². The second-order valence-electron chi connectivity index (χ2n) is 6.14. The van der Waals surface area contributed by atoms with Gasteiger partial charge in [0.25, 0.3) is 0 Å². The monoisotopic (exact) mass is 284 g/mol. The molecule has 0 saturated carbocycles. The van der Waals surface area contributed by atoms with Gasteiger partial charge in [0.2, 0.25) is 0 Å². The van der Waals surface area contributed by atoms with Crippen molar-refractivity contribution in [2.45, 2.75) is 32.0 Å². The fraction of sp³-hybridized carbons (Fsp3) is 0.471. The van der Waals surface area contributed by atoms with Crippen molar-refractivity contribution in [3.05, 3.63) is 54.4 Å². The third kappa shape index (κ3) is 3.01. The molecule has 1 aromatic carbocycles. The molecule has 0 amide bonds. The molecule has 2 heterocycles. The summed E-state index contributed by atoms with van der Waals surface area (Å²) in [7, 11) is 0. The molecule has 2 unspecified atom stereocenters. The van der Waals surface area contributed by atoms with E-state index in [0.29, 0.717) is 6.04 Å². The van der Waals surface area contributed by atoms with E-state index < -0.39 is 0 Å². The summed E-state index contributed by atoms with van der Waals surface area (Å²) in [4.78, 5) is 2.59. The van der Waals surface area contributed by atoms with Crippen LogP contribution in [0.5, 0.6) is 0 Å². The number of rotatable bonds is 4. The Morgan fingerprint density at radius 1 is 1.24 bits per heavy atom. The molecule has 1 aliphatic rings. The Morgan fingerprint density at radius 3 is 2.76 bits per heavy atom. The lowest BCUT2D eigenvalue weighted by Crippen LogP contribution is -2.61. The van der Waals surface area contributed by atoms with E-state index in [9.17, 15) is 0 Å². The van der Waals surface area contributed by atoms with Gasteiger partial charge in [0, 0.05) is 38.1 Å². The molecule has 3 rings (SSSR count). The maximum Gasteiger partial charge on any atom is 0.0558 e. The lowest BCUT2D eigenvalue weighted by Gasteiger charge is -2.48. The van der Waals surface area contributed by atoms with Gasteiger partial charge < -0.3 is 5.32 Å². The molecule has 1 fully saturated rings. The van der Waals surface area contributed by atoms with Crippen molar-refractivity contribution in [1.82, 2.24) is 20.0 Å². The van der Waals surface area contributed by atoms with Crippen LogP contribution in [0.2, 0.25) is 0 Å². The van der Waals surface area contributed by atoms with Crippen LogP contribution in [0.15, 0.2) is 48.8 Å². The van der Waals surface area contributed by atoms with Gasteiger partial charge in [-0.15, -0.1) is 0 Å². The normalized spacial score (nSPS) is 26.9. The maximum atomic E-state index is 4.31. The van der Waals surface area contributed by atoms with Crippen molar-refractivity contribution in [1.29, 1.82) is 0 Å². The Balaban J connectivity index is 1.79. The zero-order valence-electron chi connectivity index (χ0n) is 12.9. The predicted molar refractivity (Wildman–Crippen MR) is 85.1 cm³/mol. The molecular formula is C17H24N4. The molecule has 0 aliphatic carbocycles. The average molecular weight is 284 g/mol. The van der Waals surface area contributed by atoms with E-state index in [1.54, 1.807) is 0 Å². The van der Waals surface area contributed by atoms with Crippen LogP contribution >= 0.6 is 0 Å². The molecule has 2 atom stereocenters. The molecule has 1 aromatic heterocycles. The molecule has 0 spiro atoms. The maximum absolute atomic E-state index is 4.31. The largest absolute Gasteiger partial charge is 0.311 e. The fourth-order valence-electron chi connectivity index (χ4n) is 3.16. The van der Waals surface area contributed by atoms with E-state index in [1.807, 2.05) is 23.1 Å². The molecule has 112 valence electrons. The Kier molecular flexibility index (Phi) is 4.08. The second kappa shape index (κ2) is 6.00. The van der Waals surface area contributed by atoms with Crippen LogP contribution in [0.1, 0.15) is 19.4 Å². The Hall–Kier alpha value is -1.65. The molecule has 4 nitrogen and oxygen atoms in total. The highest BCUT2D eigenvalue weighted by Gasteiger charge is 2.37. The SMILES string of the molecule is CC1CN(CCn2cccn2)C(C)(c2ccccc2)CN1. The van der Waals surface area contributed by atoms with Gasteiger partial charge in [-0.05, 0) is 25.5 Å². The van der Waals surface area contributed by atoms with Crippen molar-refractivity contribution >= 4 is 0 Å². The van der Waals surface area contributed by atoms with Crippen LogP contribution in [0.4, 0.5) is 0 Å². The molecule has 1 saturated heterocycles. The number of benzene rings is 1.